The molecule has 0 atom stereocenters. The Bertz CT molecular complexity index is 2240. The van der Waals surface area contributed by atoms with Gasteiger partial charge in [-0.05, 0) is 85.8 Å². The van der Waals surface area contributed by atoms with Crippen LogP contribution in [0.15, 0.2) is 133 Å². The van der Waals surface area contributed by atoms with Crippen molar-refractivity contribution in [3.8, 4) is 11.1 Å². The van der Waals surface area contributed by atoms with Crippen LogP contribution in [0.2, 0.25) is 0 Å². The average molecular weight is 524 g/mol. The maximum absolute atomic E-state index is 2.40. The molecule has 1 heterocycles. The zero-order valence-corrected chi connectivity index (χ0v) is 23.0. The number of aryl methyl sites for hydroxylation is 1. The maximum Gasteiger partial charge on any atom is 0.0491 e. The largest absolute Gasteiger partial charge is 0.341 e. The van der Waals surface area contributed by atoms with Crippen LogP contribution < -0.4 is 0 Å². The third-order valence-corrected chi connectivity index (χ3v) is 8.57. The van der Waals surface area contributed by atoms with Gasteiger partial charge in [-0.3, -0.25) is 0 Å². The standard InChI is InChI=1S/C40H29N/c1-2-41-39-14-8-7-13-36(39)38-25-28(19-24-40(38)41)16-15-27-17-20-29(21-18-27)30-22-23-35-33-11-4-3-9-31(33)32-10-5-6-12-34(32)37(35)26-30/h3-26H,2H2,1H3/b16-15+. The molecule has 1 heteroatoms. The summed E-state index contributed by atoms with van der Waals surface area (Å²) >= 11 is 0. The van der Waals surface area contributed by atoms with E-state index in [1.165, 1.54) is 76.4 Å². The first-order valence-corrected chi connectivity index (χ1v) is 14.4. The van der Waals surface area contributed by atoms with Gasteiger partial charge in [-0.1, -0.05) is 121 Å². The molecule has 0 aliphatic rings. The summed E-state index contributed by atoms with van der Waals surface area (Å²) in [6.45, 7) is 3.18. The topological polar surface area (TPSA) is 4.93 Å². The number of para-hydroxylation sites is 1. The number of rotatable bonds is 4. The predicted octanol–water partition coefficient (Wildman–Crippen LogP) is 11.1. The normalized spacial score (nSPS) is 12.0. The highest BCUT2D eigenvalue weighted by Gasteiger charge is 2.10. The molecule has 0 aliphatic carbocycles. The SMILES string of the molecule is CCn1c2ccccc2c2cc(/C=C/c3ccc(-c4ccc5c6ccccc6c6ccccc6c5c4)cc3)ccc21. The van der Waals surface area contributed by atoms with Crippen LogP contribution in [-0.2, 0) is 6.54 Å². The van der Waals surface area contributed by atoms with Gasteiger partial charge in [0.15, 0.2) is 0 Å². The van der Waals surface area contributed by atoms with E-state index in [0.29, 0.717) is 0 Å². The number of nitrogens with zero attached hydrogens (tertiary/aromatic N) is 1. The number of benzene rings is 7. The summed E-state index contributed by atoms with van der Waals surface area (Å²) in [6.07, 6.45) is 4.43. The van der Waals surface area contributed by atoms with Gasteiger partial charge in [-0.15, -0.1) is 0 Å². The summed E-state index contributed by atoms with van der Waals surface area (Å²) in [6, 6.07) is 48.8. The second-order valence-electron chi connectivity index (χ2n) is 10.8. The lowest BCUT2D eigenvalue weighted by atomic mass is 9.92. The Labute approximate surface area is 239 Å². The van der Waals surface area contributed by atoms with E-state index < -0.39 is 0 Å². The quantitative estimate of drug-likeness (QED) is 0.160. The van der Waals surface area contributed by atoms with Crippen LogP contribution in [0.1, 0.15) is 18.1 Å². The molecule has 0 bridgehead atoms. The molecule has 0 unspecified atom stereocenters. The highest BCUT2D eigenvalue weighted by Crippen LogP contribution is 2.37. The highest BCUT2D eigenvalue weighted by atomic mass is 15.0. The van der Waals surface area contributed by atoms with E-state index in [-0.39, 0.29) is 0 Å². The van der Waals surface area contributed by atoms with Gasteiger partial charge in [0.25, 0.3) is 0 Å². The van der Waals surface area contributed by atoms with Crippen LogP contribution in [0.25, 0.3) is 77.4 Å². The molecule has 0 aliphatic heterocycles. The van der Waals surface area contributed by atoms with E-state index in [1.807, 2.05) is 0 Å². The summed E-state index contributed by atoms with van der Waals surface area (Å²) in [7, 11) is 0. The molecule has 0 N–H and O–H groups in total. The van der Waals surface area contributed by atoms with E-state index in [9.17, 15) is 0 Å². The van der Waals surface area contributed by atoms with Crippen molar-refractivity contribution in [2.24, 2.45) is 0 Å². The number of aromatic nitrogens is 1. The summed E-state index contributed by atoms with van der Waals surface area (Å²) < 4.78 is 2.40. The maximum atomic E-state index is 2.40. The third-order valence-electron chi connectivity index (χ3n) is 8.57. The Morgan fingerprint density at radius 2 is 0.927 bits per heavy atom. The molecule has 8 aromatic rings. The first-order chi connectivity index (χ1) is 20.3. The van der Waals surface area contributed by atoms with Crippen LogP contribution in [0.4, 0.5) is 0 Å². The van der Waals surface area contributed by atoms with Gasteiger partial charge in [0, 0.05) is 28.4 Å². The summed E-state index contributed by atoms with van der Waals surface area (Å²) in [5, 5.41) is 10.5. The molecular weight excluding hydrogens is 494 g/mol. The van der Waals surface area contributed by atoms with Gasteiger partial charge in [-0.2, -0.15) is 0 Å². The molecule has 0 radical (unpaired) electrons. The lowest BCUT2D eigenvalue weighted by Gasteiger charge is -2.12. The summed E-state index contributed by atoms with van der Waals surface area (Å²) in [4.78, 5) is 0. The van der Waals surface area contributed by atoms with Crippen molar-refractivity contribution in [1.29, 1.82) is 0 Å². The molecule has 1 aromatic heterocycles. The molecule has 41 heavy (non-hydrogen) atoms. The second-order valence-corrected chi connectivity index (χ2v) is 10.8. The van der Waals surface area contributed by atoms with Gasteiger partial charge in [0.05, 0.1) is 0 Å². The molecule has 0 fully saturated rings. The zero-order valence-electron chi connectivity index (χ0n) is 23.0. The molecule has 0 saturated heterocycles. The van der Waals surface area contributed by atoms with Crippen LogP contribution >= 0.6 is 0 Å². The monoisotopic (exact) mass is 523 g/mol. The van der Waals surface area contributed by atoms with Crippen molar-refractivity contribution >= 4 is 66.3 Å². The lowest BCUT2D eigenvalue weighted by Crippen LogP contribution is -1.92. The Morgan fingerprint density at radius 1 is 0.415 bits per heavy atom. The number of fused-ring (bicyclic) bond motifs is 9. The predicted molar refractivity (Wildman–Crippen MR) is 178 cm³/mol. The molecule has 7 aromatic carbocycles. The molecule has 0 spiro atoms. The Hall–Kier alpha value is -5.14. The van der Waals surface area contributed by atoms with Crippen LogP contribution in [0.5, 0.6) is 0 Å². The number of hydrogen-bond acceptors (Lipinski definition) is 0. The van der Waals surface area contributed by atoms with Crippen molar-refractivity contribution in [2.75, 3.05) is 0 Å². The average Bonchev–Trinajstić information content (AvgIpc) is 3.37. The van der Waals surface area contributed by atoms with Crippen molar-refractivity contribution in [3.05, 3.63) is 145 Å². The molecule has 8 rings (SSSR count). The van der Waals surface area contributed by atoms with Gasteiger partial charge in [0.2, 0.25) is 0 Å². The van der Waals surface area contributed by atoms with Crippen LogP contribution in [0.3, 0.4) is 0 Å². The Kier molecular flexibility index (Phi) is 5.50. The van der Waals surface area contributed by atoms with E-state index in [0.717, 1.165) is 6.54 Å². The fourth-order valence-electron chi connectivity index (χ4n) is 6.58. The van der Waals surface area contributed by atoms with Crippen molar-refractivity contribution in [1.82, 2.24) is 4.57 Å². The van der Waals surface area contributed by atoms with Gasteiger partial charge >= 0.3 is 0 Å². The molecule has 194 valence electrons. The van der Waals surface area contributed by atoms with Gasteiger partial charge in [-0.25, -0.2) is 0 Å². The molecule has 1 nitrogen and oxygen atoms in total. The van der Waals surface area contributed by atoms with Crippen LogP contribution in [0, 0.1) is 0 Å². The Balaban J connectivity index is 1.14. The van der Waals surface area contributed by atoms with Gasteiger partial charge < -0.3 is 4.57 Å². The van der Waals surface area contributed by atoms with E-state index in [1.54, 1.807) is 0 Å². The van der Waals surface area contributed by atoms with Crippen molar-refractivity contribution in [2.45, 2.75) is 13.5 Å². The minimum atomic E-state index is 0.968. The fraction of sp³-hybridized carbons (Fsp3) is 0.0500. The second kappa shape index (κ2) is 9.50. The minimum Gasteiger partial charge on any atom is -0.341 e. The minimum absolute atomic E-state index is 0.968. The van der Waals surface area contributed by atoms with Crippen molar-refractivity contribution in [3.63, 3.8) is 0 Å². The number of hydrogen-bond donors (Lipinski definition) is 0. The fourth-order valence-corrected chi connectivity index (χ4v) is 6.58. The summed E-state index contributed by atoms with van der Waals surface area (Å²) in [5.74, 6) is 0. The van der Waals surface area contributed by atoms with E-state index >= 15 is 0 Å². The van der Waals surface area contributed by atoms with E-state index in [2.05, 4.69) is 157 Å². The first-order valence-electron chi connectivity index (χ1n) is 14.4. The van der Waals surface area contributed by atoms with Gasteiger partial charge in [0.1, 0.15) is 0 Å². The van der Waals surface area contributed by atoms with E-state index in [4.69, 9.17) is 0 Å². The first kappa shape index (κ1) is 23.7. The molecule has 0 amide bonds. The smallest absolute Gasteiger partial charge is 0.0491 e. The molecule has 0 saturated carbocycles. The van der Waals surface area contributed by atoms with Crippen LogP contribution in [-0.4, -0.2) is 4.57 Å². The Morgan fingerprint density at radius 3 is 1.61 bits per heavy atom. The van der Waals surface area contributed by atoms with Crippen molar-refractivity contribution < 1.29 is 0 Å². The zero-order chi connectivity index (χ0) is 27.3. The highest BCUT2D eigenvalue weighted by molar-refractivity contribution is 6.25. The third kappa shape index (κ3) is 3.85. The lowest BCUT2D eigenvalue weighted by molar-refractivity contribution is 0.827. The molecular formula is C40H29N. The summed E-state index contributed by atoms with van der Waals surface area (Å²) in [5.41, 5.74) is 7.49.